The van der Waals surface area contributed by atoms with Gasteiger partial charge < -0.3 is 4.98 Å². The summed E-state index contributed by atoms with van der Waals surface area (Å²) < 4.78 is 0. The summed E-state index contributed by atoms with van der Waals surface area (Å²) in [6.07, 6.45) is 3.38. The summed E-state index contributed by atoms with van der Waals surface area (Å²) in [5, 5.41) is 0. The zero-order valence-corrected chi connectivity index (χ0v) is 4.33. The summed E-state index contributed by atoms with van der Waals surface area (Å²) in [4.78, 5) is 6.60. The summed E-state index contributed by atoms with van der Waals surface area (Å²) in [7, 11) is 2.50. The molecule has 0 aromatic carbocycles. The second-order valence-electron chi connectivity index (χ2n) is 1.01. The Labute approximate surface area is 38.2 Å². The highest BCUT2D eigenvalue weighted by atomic mass is 31.0. The van der Waals surface area contributed by atoms with Gasteiger partial charge in [-0.15, -0.1) is 0 Å². The van der Waals surface area contributed by atoms with E-state index in [1.54, 1.807) is 12.5 Å². The maximum absolute atomic E-state index is 3.75. The van der Waals surface area contributed by atoms with Crippen LogP contribution in [0.25, 0.3) is 0 Å². The molecule has 0 aliphatic rings. The summed E-state index contributed by atoms with van der Waals surface area (Å²) in [5.74, 6) is 0. The summed E-state index contributed by atoms with van der Waals surface area (Å²) in [6.45, 7) is 0. The summed E-state index contributed by atoms with van der Waals surface area (Å²) >= 11 is 0. The van der Waals surface area contributed by atoms with E-state index in [-0.39, 0.29) is 0 Å². The molecule has 0 spiro atoms. The molecule has 1 unspecified atom stereocenters. The van der Waals surface area contributed by atoms with Gasteiger partial charge in [0.25, 0.3) is 0 Å². The van der Waals surface area contributed by atoms with Crippen LogP contribution in [0.5, 0.6) is 0 Å². The third-order valence-corrected chi connectivity index (χ3v) is 0.835. The van der Waals surface area contributed by atoms with Crippen molar-refractivity contribution in [2.45, 2.75) is 0 Å². The molecule has 1 heterocycles. The minimum absolute atomic E-state index is 1.02. The van der Waals surface area contributed by atoms with Gasteiger partial charge in [-0.05, 0) is 0 Å². The Morgan fingerprint density at radius 3 is 2.83 bits per heavy atom. The van der Waals surface area contributed by atoms with Crippen molar-refractivity contribution in [3.8, 4) is 0 Å². The van der Waals surface area contributed by atoms with Crippen LogP contribution in [-0.2, 0) is 0 Å². The quantitative estimate of drug-likeness (QED) is 0.453. The summed E-state index contributed by atoms with van der Waals surface area (Å²) in [6, 6.07) is 0. The molecule has 1 N–H and O–H groups in total. The van der Waals surface area contributed by atoms with Crippen LogP contribution in [0, 0.1) is 0 Å². The summed E-state index contributed by atoms with van der Waals surface area (Å²) in [5.41, 5.74) is 1.02. The average Bonchev–Trinajstić information content (AvgIpc) is 1.86. The van der Waals surface area contributed by atoms with Gasteiger partial charge in [0.2, 0.25) is 0 Å². The lowest BCUT2D eigenvalue weighted by Crippen LogP contribution is -1.83. The Morgan fingerprint density at radius 1 is 1.83 bits per heavy atom. The van der Waals surface area contributed by atoms with E-state index < -0.39 is 0 Å². The van der Waals surface area contributed by atoms with Crippen molar-refractivity contribution in [1.29, 1.82) is 0 Å². The van der Waals surface area contributed by atoms with E-state index in [1.807, 2.05) is 0 Å². The van der Waals surface area contributed by atoms with Crippen LogP contribution in [0.3, 0.4) is 0 Å². The van der Waals surface area contributed by atoms with Gasteiger partial charge in [-0.1, -0.05) is 9.24 Å². The molecule has 0 saturated heterocycles. The van der Waals surface area contributed by atoms with Crippen molar-refractivity contribution in [3.63, 3.8) is 0 Å². The third kappa shape index (κ3) is 0.575. The zero-order chi connectivity index (χ0) is 4.41. The van der Waals surface area contributed by atoms with Gasteiger partial charge in [-0.3, -0.25) is 0 Å². The molecule has 1 rings (SSSR count). The molecule has 0 fully saturated rings. The number of aromatic nitrogens is 2. The molecule has 3 heteroatoms. The second kappa shape index (κ2) is 1.39. The third-order valence-electron chi connectivity index (χ3n) is 0.519. The maximum Gasteiger partial charge on any atom is 0.0924 e. The largest absolute Gasteiger partial charge is 0.345 e. The molecular weight excluding hydrogens is 95.0 g/mol. The molecule has 0 radical (unpaired) electrons. The first-order valence-corrected chi connectivity index (χ1v) is 2.21. The molecule has 0 aliphatic heterocycles. The van der Waals surface area contributed by atoms with E-state index in [4.69, 9.17) is 0 Å². The minimum Gasteiger partial charge on any atom is -0.345 e. The van der Waals surface area contributed by atoms with Crippen LogP contribution < -0.4 is 5.44 Å². The molecule has 0 amide bonds. The monoisotopic (exact) mass is 100 g/mol. The highest BCUT2D eigenvalue weighted by Crippen LogP contribution is 1.75. The Hall–Kier alpha value is -0.360. The molecule has 32 valence electrons. The fourth-order valence-corrected chi connectivity index (χ4v) is 0.427. The van der Waals surface area contributed by atoms with Gasteiger partial charge >= 0.3 is 0 Å². The molecule has 1 atom stereocenters. The lowest BCUT2D eigenvalue weighted by atomic mass is 11.0. The van der Waals surface area contributed by atoms with E-state index in [2.05, 4.69) is 19.2 Å². The normalized spacial score (nSPS) is 8.83. The van der Waals surface area contributed by atoms with Crippen LogP contribution in [0.2, 0.25) is 0 Å². The lowest BCUT2D eigenvalue weighted by molar-refractivity contribution is 1.32. The van der Waals surface area contributed by atoms with Gasteiger partial charge in [0, 0.05) is 0 Å². The highest BCUT2D eigenvalue weighted by molar-refractivity contribution is 7.26. The van der Waals surface area contributed by atoms with Crippen LogP contribution in [-0.4, -0.2) is 9.97 Å². The van der Waals surface area contributed by atoms with Crippen molar-refractivity contribution in [1.82, 2.24) is 9.97 Å². The first kappa shape index (κ1) is 3.82. The van der Waals surface area contributed by atoms with Crippen molar-refractivity contribution in [3.05, 3.63) is 12.5 Å². The number of nitrogens with zero attached hydrogens (tertiary/aromatic N) is 1. The second-order valence-corrected chi connectivity index (χ2v) is 1.63. The zero-order valence-electron chi connectivity index (χ0n) is 3.18. The van der Waals surface area contributed by atoms with Crippen molar-refractivity contribution >= 4 is 14.7 Å². The smallest absolute Gasteiger partial charge is 0.0924 e. The fraction of sp³-hybridized carbons (Fsp3) is 0. The Bertz CT molecular complexity index is 112. The predicted molar refractivity (Wildman–Crippen MR) is 27.9 cm³/mol. The molecular formula is C3H5N2P. The number of aromatic amines is 1. The number of nitrogens with one attached hydrogen (secondary N) is 1. The van der Waals surface area contributed by atoms with E-state index in [9.17, 15) is 0 Å². The number of H-pyrrole nitrogens is 1. The highest BCUT2D eigenvalue weighted by Gasteiger charge is 1.73. The average molecular weight is 100 g/mol. The van der Waals surface area contributed by atoms with Gasteiger partial charge in [0.1, 0.15) is 0 Å². The van der Waals surface area contributed by atoms with Gasteiger partial charge in [-0.25, -0.2) is 4.98 Å². The first-order chi connectivity index (χ1) is 2.89. The van der Waals surface area contributed by atoms with E-state index in [0.29, 0.717) is 0 Å². The number of rotatable bonds is 0. The Balaban J connectivity index is 3.05. The predicted octanol–water partition coefficient (Wildman–Crippen LogP) is -0.0899. The Kier molecular flexibility index (Phi) is 0.887. The van der Waals surface area contributed by atoms with Gasteiger partial charge in [-0.2, -0.15) is 0 Å². The van der Waals surface area contributed by atoms with Crippen molar-refractivity contribution in [2.24, 2.45) is 0 Å². The van der Waals surface area contributed by atoms with E-state index in [1.165, 1.54) is 0 Å². The molecule has 0 saturated carbocycles. The van der Waals surface area contributed by atoms with Crippen LogP contribution in [0.15, 0.2) is 12.5 Å². The molecule has 6 heavy (non-hydrogen) atoms. The lowest BCUT2D eigenvalue weighted by Gasteiger charge is -1.67. The van der Waals surface area contributed by atoms with Crippen molar-refractivity contribution in [2.75, 3.05) is 0 Å². The molecule has 2 nitrogen and oxygen atoms in total. The molecule has 0 aliphatic carbocycles. The molecule has 1 aromatic heterocycles. The fourth-order valence-electron chi connectivity index (χ4n) is 0.267. The standard InChI is InChI=1S/C3H5N2P/c6-3-1-4-2-5-3/h1-2H,6H2,(H,4,5). The van der Waals surface area contributed by atoms with Crippen LogP contribution in [0.4, 0.5) is 0 Å². The number of hydrogen-bond donors (Lipinski definition) is 1. The van der Waals surface area contributed by atoms with E-state index >= 15 is 0 Å². The Morgan fingerprint density at radius 2 is 2.67 bits per heavy atom. The van der Waals surface area contributed by atoms with Crippen LogP contribution in [0.1, 0.15) is 0 Å². The topological polar surface area (TPSA) is 28.7 Å². The number of imidazole rings is 1. The van der Waals surface area contributed by atoms with Crippen LogP contribution >= 0.6 is 9.24 Å². The van der Waals surface area contributed by atoms with Gasteiger partial charge in [0.05, 0.1) is 18.0 Å². The molecule has 0 bridgehead atoms. The first-order valence-electron chi connectivity index (χ1n) is 1.63. The van der Waals surface area contributed by atoms with Gasteiger partial charge in [0.15, 0.2) is 0 Å². The minimum atomic E-state index is 1.02. The van der Waals surface area contributed by atoms with Crippen molar-refractivity contribution < 1.29 is 0 Å². The number of hydrogen-bond acceptors (Lipinski definition) is 1. The van der Waals surface area contributed by atoms with E-state index in [0.717, 1.165) is 5.44 Å². The SMILES string of the molecule is Pc1cnc[nH]1. The molecule has 1 aromatic rings. The maximum atomic E-state index is 3.75.